The number of hydrogen-bond donors (Lipinski definition) is 1. The molecule has 1 amide bonds. The number of anilines is 2. The monoisotopic (exact) mass is 338 g/mol. The summed E-state index contributed by atoms with van der Waals surface area (Å²) in [6.45, 7) is 0.401. The van der Waals surface area contributed by atoms with Gasteiger partial charge in [0, 0.05) is 15.8 Å². The third-order valence-electron chi connectivity index (χ3n) is 4.83. The molecule has 2 aromatic rings. The van der Waals surface area contributed by atoms with Crippen molar-refractivity contribution >= 4 is 29.0 Å². The molecular formula is C20H22N2OS. The van der Waals surface area contributed by atoms with E-state index in [0.29, 0.717) is 12.6 Å². The Balaban J connectivity index is 1.58. The predicted octanol–water partition coefficient (Wildman–Crippen LogP) is 4.74. The number of carbonyl (C=O) groups is 1. The zero-order valence-corrected chi connectivity index (χ0v) is 14.5. The number of rotatable bonds is 3. The maximum absolute atomic E-state index is 13.0. The van der Waals surface area contributed by atoms with E-state index in [9.17, 15) is 4.79 Å². The molecule has 124 valence electrons. The van der Waals surface area contributed by atoms with Crippen molar-refractivity contribution in [3.63, 3.8) is 0 Å². The summed E-state index contributed by atoms with van der Waals surface area (Å²) in [6, 6.07) is 16.8. The van der Waals surface area contributed by atoms with E-state index in [0.717, 1.165) is 21.2 Å². The predicted molar refractivity (Wildman–Crippen MR) is 99.0 cm³/mol. The van der Waals surface area contributed by atoms with Crippen molar-refractivity contribution in [1.82, 2.24) is 5.32 Å². The Kier molecular flexibility index (Phi) is 4.58. The van der Waals surface area contributed by atoms with Crippen molar-refractivity contribution in [2.75, 3.05) is 11.4 Å². The van der Waals surface area contributed by atoms with Gasteiger partial charge in [0.15, 0.2) is 0 Å². The lowest BCUT2D eigenvalue weighted by Crippen LogP contribution is -2.41. The number of nitrogens with zero attached hydrogens (tertiary/aromatic N) is 1. The molecule has 1 fully saturated rings. The molecule has 4 rings (SSSR count). The molecule has 2 aromatic carbocycles. The van der Waals surface area contributed by atoms with Gasteiger partial charge in [0.1, 0.15) is 0 Å². The zero-order chi connectivity index (χ0) is 16.4. The van der Waals surface area contributed by atoms with Crippen LogP contribution < -0.4 is 10.2 Å². The summed E-state index contributed by atoms with van der Waals surface area (Å²) in [4.78, 5) is 17.2. The smallest absolute Gasteiger partial charge is 0.245 e. The van der Waals surface area contributed by atoms with E-state index in [-0.39, 0.29) is 5.91 Å². The molecule has 1 aliphatic carbocycles. The van der Waals surface area contributed by atoms with Gasteiger partial charge in [-0.3, -0.25) is 9.69 Å². The highest BCUT2D eigenvalue weighted by Gasteiger charge is 2.28. The molecule has 0 atom stereocenters. The fourth-order valence-corrected chi connectivity index (χ4v) is 4.65. The van der Waals surface area contributed by atoms with Gasteiger partial charge in [-0.2, -0.15) is 0 Å². The zero-order valence-electron chi connectivity index (χ0n) is 13.7. The number of benzene rings is 2. The van der Waals surface area contributed by atoms with Gasteiger partial charge in [0.2, 0.25) is 5.91 Å². The van der Waals surface area contributed by atoms with Crippen molar-refractivity contribution in [2.45, 2.75) is 47.9 Å². The van der Waals surface area contributed by atoms with Gasteiger partial charge < -0.3 is 5.32 Å². The SMILES string of the molecule is O=C(CNC1CCCCC1)N1c2ccccc2Sc2ccccc21. The van der Waals surface area contributed by atoms with Crippen LogP contribution in [-0.2, 0) is 4.79 Å². The van der Waals surface area contributed by atoms with Crippen molar-refractivity contribution in [3.05, 3.63) is 48.5 Å². The number of para-hydroxylation sites is 2. The van der Waals surface area contributed by atoms with Gasteiger partial charge >= 0.3 is 0 Å². The van der Waals surface area contributed by atoms with Crippen molar-refractivity contribution in [1.29, 1.82) is 0 Å². The van der Waals surface area contributed by atoms with E-state index >= 15 is 0 Å². The Morgan fingerprint density at radius 2 is 1.54 bits per heavy atom. The Hall–Kier alpha value is -1.78. The molecule has 1 N–H and O–H groups in total. The maximum atomic E-state index is 13.0. The highest BCUT2D eigenvalue weighted by atomic mass is 32.2. The molecule has 1 heterocycles. The van der Waals surface area contributed by atoms with Gasteiger partial charge in [-0.25, -0.2) is 0 Å². The summed E-state index contributed by atoms with van der Waals surface area (Å²) < 4.78 is 0. The summed E-state index contributed by atoms with van der Waals surface area (Å²) >= 11 is 1.74. The summed E-state index contributed by atoms with van der Waals surface area (Å²) in [5.74, 6) is 0.126. The second-order valence-corrected chi connectivity index (χ2v) is 7.57. The van der Waals surface area contributed by atoms with Crippen LogP contribution in [0.25, 0.3) is 0 Å². The molecule has 24 heavy (non-hydrogen) atoms. The fraction of sp³-hybridized carbons (Fsp3) is 0.350. The lowest BCUT2D eigenvalue weighted by atomic mass is 9.95. The van der Waals surface area contributed by atoms with Gasteiger partial charge in [-0.05, 0) is 37.1 Å². The fourth-order valence-electron chi connectivity index (χ4n) is 3.59. The minimum Gasteiger partial charge on any atom is -0.306 e. The van der Waals surface area contributed by atoms with Crippen LogP contribution in [0.2, 0.25) is 0 Å². The molecule has 0 unspecified atom stereocenters. The average molecular weight is 338 g/mol. The normalized spacial score (nSPS) is 17.2. The highest BCUT2D eigenvalue weighted by Crippen LogP contribution is 2.47. The van der Waals surface area contributed by atoms with E-state index in [1.165, 1.54) is 32.1 Å². The molecule has 0 saturated heterocycles. The molecule has 1 aliphatic heterocycles. The number of hydrogen-bond acceptors (Lipinski definition) is 3. The molecular weight excluding hydrogens is 316 g/mol. The van der Waals surface area contributed by atoms with Gasteiger partial charge in [-0.1, -0.05) is 55.3 Å². The second kappa shape index (κ2) is 6.99. The van der Waals surface area contributed by atoms with Gasteiger partial charge in [0.25, 0.3) is 0 Å². The van der Waals surface area contributed by atoms with Crippen LogP contribution >= 0.6 is 11.8 Å². The second-order valence-electron chi connectivity index (χ2n) is 6.48. The Morgan fingerprint density at radius 3 is 2.17 bits per heavy atom. The largest absolute Gasteiger partial charge is 0.306 e. The molecule has 0 bridgehead atoms. The first kappa shape index (κ1) is 15.7. The summed E-state index contributed by atoms with van der Waals surface area (Å²) in [7, 11) is 0. The first-order valence-electron chi connectivity index (χ1n) is 8.75. The van der Waals surface area contributed by atoms with E-state index < -0.39 is 0 Å². The molecule has 4 heteroatoms. The minimum atomic E-state index is 0.126. The van der Waals surface area contributed by atoms with Gasteiger partial charge in [0.05, 0.1) is 17.9 Å². The quantitative estimate of drug-likeness (QED) is 0.877. The summed E-state index contributed by atoms with van der Waals surface area (Å²) in [6.07, 6.45) is 6.26. The number of carbonyl (C=O) groups excluding carboxylic acids is 1. The molecule has 0 radical (unpaired) electrons. The third-order valence-corrected chi connectivity index (χ3v) is 5.96. The highest BCUT2D eigenvalue weighted by molar-refractivity contribution is 7.99. The van der Waals surface area contributed by atoms with E-state index in [4.69, 9.17) is 0 Å². The van der Waals surface area contributed by atoms with Crippen LogP contribution in [0.4, 0.5) is 11.4 Å². The van der Waals surface area contributed by atoms with Gasteiger partial charge in [-0.15, -0.1) is 0 Å². The Labute approximate surface area is 147 Å². The topological polar surface area (TPSA) is 32.3 Å². The lowest BCUT2D eigenvalue weighted by molar-refractivity contribution is -0.117. The standard InChI is InChI=1S/C20H22N2OS/c23-20(14-21-15-8-2-1-3-9-15)22-16-10-4-6-12-18(16)24-19-13-7-5-11-17(19)22/h4-7,10-13,15,21H,1-3,8-9,14H2. The molecule has 0 aromatic heterocycles. The number of fused-ring (bicyclic) bond motifs is 2. The summed E-state index contributed by atoms with van der Waals surface area (Å²) in [5, 5.41) is 3.48. The molecule has 1 saturated carbocycles. The van der Waals surface area contributed by atoms with E-state index in [1.54, 1.807) is 11.8 Å². The first-order chi connectivity index (χ1) is 11.8. The molecule has 2 aliphatic rings. The van der Waals surface area contributed by atoms with Crippen molar-refractivity contribution in [2.24, 2.45) is 0 Å². The molecule has 0 spiro atoms. The summed E-state index contributed by atoms with van der Waals surface area (Å²) in [5.41, 5.74) is 1.99. The minimum absolute atomic E-state index is 0.126. The Morgan fingerprint density at radius 1 is 0.958 bits per heavy atom. The molecule has 3 nitrogen and oxygen atoms in total. The van der Waals surface area contributed by atoms with Crippen LogP contribution in [0.3, 0.4) is 0 Å². The van der Waals surface area contributed by atoms with E-state index in [1.807, 2.05) is 41.3 Å². The average Bonchev–Trinajstić information content (AvgIpc) is 2.65. The van der Waals surface area contributed by atoms with Crippen LogP contribution in [0.15, 0.2) is 58.3 Å². The van der Waals surface area contributed by atoms with Crippen LogP contribution in [0, 0.1) is 0 Å². The van der Waals surface area contributed by atoms with E-state index in [2.05, 4.69) is 17.4 Å². The number of nitrogens with one attached hydrogen (secondary N) is 1. The first-order valence-corrected chi connectivity index (χ1v) is 9.57. The lowest BCUT2D eigenvalue weighted by Gasteiger charge is -2.32. The maximum Gasteiger partial charge on any atom is 0.245 e. The van der Waals surface area contributed by atoms with Crippen LogP contribution in [0.5, 0.6) is 0 Å². The van der Waals surface area contributed by atoms with Crippen molar-refractivity contribution < 1.29 is 4.79 Å². The van der Waals surface area contributed by atoms with Crippen LogP contribution in [0.1, 0.15) is 32.1 Å². The third kappa shape index (κ3) is 3.08. The Bertz CT molecular complexity index is 694. The van der Waals surface area contributed by atoms with Crippen LogP contribution in [-0.4, -0.2) is 18.5 Å². The van der Waals surface area contributed by atoms with Crippen molar-refractivity contribution in [3.8, 4) is 0 Å². The number of amides is 1.